The molecular weight excluding hydrogens is 282 g/mol. The number of rotatable bonds is 3. The van der Waals surface area contributed by atoms with E-state index >= 15 is 0 Å². The molecule has 0 atom stereocenters. The predicted octanol–water partition coefficient (Wildman–Crippen LogP) is 4.27. The molecular formula is C20H25N3. The van der Waals surface area contributed by atoms with Crippen LogP contribution >= 0.6 is 0 Å². The first-order valence-corrected chi connectivity index (χ1v) is 9.08. The van der Waals surface area contributed by atoms with Gasteiger partial charge in [-0.05, 0) is 80.9 Å². The molecule has 0 unspecified atom stereocenters. The Morgan fingerprint density at radius 2 is 1.87 bits per heavy atom. The second-order valence-electron chi connectivity index (χ2n) is 8.25. The van der Waals surface area contributed by atoms with Crippen molar-refractivity contribution in [3.05, 3.63) is 41.5 Å². The Morgan fingerprint density at radius 3 is 2.48 bits per heavy atom. The van der Waals surface area contributed by atoms with Crippen LogP contribution in [-0.4, -0.2) is 16.7 Å². The van der Waals surface area contributed by atoms with Crippen molar-refractivity contribution in [2.75, 3.05) is 0 Å². The molecule has 4 saturated carbocycles. The average Bonchev–Trinajstić information content (AvgIpc) is 3.13. The monoisotopic (exact) mass is 307 g/mol. The Hall–Kier alpha value is -1.77. The van der Waals surface area contributed by atoms with Gasteiger partial charge in [0.2, 0.25) is 0 Å². The lowest BCUT2D eigenvalue weighted by atomic mass is 9.53. The summed E-state index contributed by atoms with van der Waals surface area (Å²) in [6.07, 6.45) is 14.8. The minimum atomic E-state index is 0.368. The van der Waals surface area contributed by atoms with Crippen molar-refractivity contribution in [2.24, 2.45) is 22.7 Å². The number of aromatic nitrogens is 1. The number of hydrogen-bond donors (Lipinski definition) is 2. The molecule has 2 heterocycles. The fourth-order valence-electron chi connectivity index (χ4n) is 5.89. The molecule has 1 aromatic rings. The zero-order valence-corrected chi connectivity index (χ0v) is 13.8. The summed E-state index contributed by atoms with van der Waals surface area (Å²) in [4.78, 5) is 7.93. The summed E-state index contributed by atoms with van der Waals surface area (Å²) in [5.74, 6) is 2.93. The largest absolute Gasteiger partial charge is 0.384 e. The van der Waals surface area contributed by atoms with Crippen LogP contribution in [0.5, 0.6) is 0 Å². The van der Waals surface area contributed by atoms with E-state index in [9.17, 15) is 0 Å². The van der Waals surface area contributed by atoms with Crippen molar-refractivity contribution >= 4 is 11.8 Å². The highest BCUT2D eigenvalue weighted by Crippen LogP contribution is 2.55. The highest BCUT2D eigenvalue weighted by Gasteiger charge is 2.50. The molecule has 0 amide bonds. The van der Waals surface area contributed by atoms with E-state index < -0.39 is 0 Å². The van der Waals surface area contributed by atoms with Gasteiger partial charge in [-0.2, -0.15) is 0 Å². The van der Waals surface area contributed by atoms with Gasteiger partial charge in [-0.3, -0.25) is 4.99 Å². The van der Waals surface area contributed by atoms with Crippen molar-refractivity contribution in [3.63, 3.8) is 0 Å². The topological polar surface area (TPSA) is 40.2 Å². The molecule has 3 heteroatoms. The molecule has 0 saturated heterocycles. The van der Waals surface area contributed by atoms with Crippen molar-refractivity contribution in [3.8, 4) is 0 Å². The van der Waals surface area contributed by atoms with Crippen LogP contribution in [0.15, 0.2) is 40.8 Å². The quantitative estimate of drug-likeness (QED) is 0.860. The maximum Gasteiger partial charge on any atom is 0.0822 e. The van der Waals surface area contributed by atoms with Gasteiger partial charge in [-0.25, -0.2) is 0 Å². The molecule has 1 aromatic heterocycles. The van der Waals surface area contributed by atoms with Crippen molar-refractivity contribution in [1.82, 2.24) is 10.3 Å². The summed E-state index contributed by atoms with van der Waals surface area (Å²) in [6, 6.07) is 4.15. The van der Waals surface area contributed by atoms with Gasteiger partial charge >= 0.3 is 0 Å². The minimum absolute atomic E-state index is 0.368. The van der Waals surface area contributed by atoms with Crippen LogP contribution in [0.4, 0.5) is 0 Å². The summed E-state index contributed by atoms with van der Waals surface area (Å²) in [7, 11) is 0. The van der Waals surface area contributed by atoms with E-state index in [0.29, 0.717) is 5.54 Å². The Bertz CT molecular complexity index is 670. The van der Waals surface area contributed by atoms with Crippen molar-refractivity contribution in [1.29, 1.82) is 0 Å². The standard InChI is InChI=1S/C20H25N3/c1-13-17(18-3-2-4-21-18)11-22-19(13)12-23-20-8-14-5-15(9-20)7-16(6-14)10-20/h2-4,11-12,14-16,21,23H,5-10H2,1H3/b19-12+. The zero-order chi connectivity index (χ0) is 15.4. The first kappa shape index (κ1) is 13.6. The second-order valence-corrected chi connectivity index (χ2v) is 8.25. The molecule has 1 aliphatic heterocycles. The lowest BCUT2D eigenvalue weighted by Crippen LogP contribution is -2.57. The third-order valence-electron chi connectivity index (χ3n) is 6.56. The number of H-pyrrole nitrogens is 1. The number of nitrogens with zero attached hydrogens (tertiary/aromatic N) is 1. The van der Waals surface area contributed by atoms with Crippen LogP contribution in [0.25, 0.3) is 5.57 Å². The third kappa shape index (κ3) is 2.20. The molecule has 0 radical (unpaired) electrons. The summed E-state index contributed by atoms with van der Waals surface area (Å²) in [5, 5.41) is 3.85. The van der Waals surface area contributed by atoms with Crippen LogP contribution in [-0.2, 0) is 0 Å². The first-order valence-electron chi connectivity index (χ1n) is 9.08. The van der Waals surface area contributed by atoms with Crippen LogP contribution in [0.1, 0.15) is 51.1 Å². The van der Waals surface area contributed by atoms with E-state index in [0.717, 1.165) is 29.1 Å². The van der Waals surface area contributed by atoms with E-state index in [4.69, 9.17) is 0 Å². The van der Waals surface area contributed by atoms with E-state index in [1.165, 1.54) is 49.7 Å². The lowest BCUT2D eigenvalue weighted by molar-refractivity contribution is -0.0130. The van der Waals surface area contributed by atoms with Crippen LogP contribution in [0.2, 0.25) is 0 Å². The zero-order valence-electron chi connectivity index (χ0n) is 13.8. The Kier molecular flexibility index (Phi) is 2.88. The van der Waals surface area contributed by atoms with Gasteiger partial charge in [0.05, 0.1) is 5.70 Å². The SMILES string of the molecule is CC1=C(c2ccc[nH]2)C=N/C1=C/NC12CC3CC(CC(C3)C1)C2. The fourth-order valence-corrected chi connectivity index (χ4v) is 5.89. The molecule has 3 nitrogen and oxygen atoms in total. The lowest BCUT2D eigenvalue weighted by Gasteiger charge is -2.57. The van der Waals surface area contributed by atoms with E-state index in [-0.39, 0.29) is 0 Å². The summed E-state index contributed by atoms with van der Waals surface area (Å²) >= 11 is 0. The summed E-state index contributed by atoms with van der Waals surface area (Å²) in [5.41, 5.74) is 5.11. The molecule has 4 aliphatic carbocycles. The second kappa shape index (κ2) is 4.86. The maximum absolute atomic E-state index is 4.65. The van der Waals surface area contributed by atoms with Gasteiger partial charge in [0.1, 0.15) is 0 Å². The number of hydrogen-bond acceptors (Lipinski definition) is 2. The van der Waals surface area contributed by atoms with Gasteiger partial charge in [-0.1, -0.05) is 0 Å². The van der Waals surface area contributed by atoms with Crippen molar-refractivity contribution < 1.29 is 0 Å². The molecule has 23 heavy (non-hydrogen) atoms. The highest BCUT2D eigenvalue weighted by atomic mass is 15.0. The smallest absolute Gasteiger partial charge is 0.0822 e. The van der Waals surface area contributed by atoms with Crippen LogP contribution < -0.4 is 5.32 Å². The third-order valence-corrected chi connectivity index (χ3v) is 6.56. The van der Waals surface area contributed by atoms with Gasteiger partial charge in [-0.15, -0.1) is 0 Å². The highest BCUT2D eigenvalue weighted by molar-refractivity contribution is 6.14. The van der Waals surface area contributed by atoms with E-state index in [1.807, 2.05) is 18.5 Å². The van der Waals surface area contributed by atoms with Crippen LogP contribution in [0, 0.1) is 17.8 Å². The minimum Gasteiger partial charge on any atom is -0.384 e. The van der Waals surface area contributed by atoms with E-state index in [1.54, 1.807) is 0 Å². The maximum atomic E-state index is 4.65. The Balaban J connectivity index is 1.38. The normalized spacial score (nSPS) is 39.7. The summed E-state index contributed by atoms with van der Waals surface area (Å²) in [6.45, 7) is 2.18. The van der Waals surface area contributed by atoms with Gasteiger partial charge in [0.15, 0.2) is 0 Å². The molecule has 0 spiro atoms. The number of aromatic amines is 1. The van der Waals surface area contributed by atoms with Gasteiger partial charge in [0, 0.05) is 35.4 Å². The van der Waals surface area contributed by atoms with Crippen LogP contribution in [0.3, 0.4) is 0 Å². The molecule has 4 fully saturated rings. The first-order chi connectivity index (χ1) is 11.2. The number of aliphatic imine (C=N–C) groups is 1. The molecule has 2 N–H and O–H groups in total. The molecule has 120 valence electrons. The molecule has 6 rings (SSSR count). The predicted molar refractivity (Wildman–Crippen MR) is 94.0 cm³/mol. The Morgan fingerprint density at radius 1 is 1.17 bits per heavy atom. The fraction of sp³-hybridized carbons (Fsp3) is 0.550. The Labute approximate surface area is 138 Å². The number of nitrogens with one attached hydrogen (secondary N) is 2. The molecule has 0 aromatic carbocycles. The number of allylic oxidation sites excluding steroid dienone is 2. The summed E-state index contributed by atoms with van der Waals surface area (Å²) < 4.78 is 0. The van der Waals surface area contributed by atoms with Gasteiger partial charge < -0.3 is 10.3 Å². The van der Waals surface area contributed by atoms with E-state index in [2.05, 4.69) is 34.5 Å². The van der Waals surface area contributed by atoms with Crippen molar-refractivity contribution in [2.45, 2.75) is 51.0 Å². The van der Waals surface area contributed by atoms with Gasteiger partial charge in [0.25, 0.3) is 0 Å². The average molecular weight is 307 g/mol. The molecule has 4 bridgehead atoms. The molecule has 5 aliphatic rings.